The van der Waals surface area contributed by atoms with Crippen LogP contribution in [0.5, 0.6) is 0 Å². The number of nitrogens with one attached hydrogen (secondary N) is 1. The Labute approximate surface area is 140 Å². The van der Waals surface area contributed by atoms with Crippen molar-refractivity contribution >= 4 is 23.3 Å². The lowest BCUT2D eigenvalue weighted by atomic mass is 10.1. The molecule has 2 unspecified atom stereocenters. The van der Waals surface area contributed by atoms with Gasteiger partial charge in [-0.1, -0.05) is 11.6 Å². The van der Waals surface area contributed by atoms with Crippen LogP contribution in [0.15, 0.2) is 34.9 Å². The van der Waals surface area contributed by atoms with Crippen molar-refractivity contribution in [1.82, 2.24) is 10.3 Å². The van der Waals surface area contributed by atoms with Crippen molar-refractivity contribution in [3.05, 3.63) is 47.0 Å². The monoisotopic (exact) mass is 337 g/mol. The summed E-state index contributed by atoms with van der Waals surface area (Å²) >= 11 is 5.96. The molecule has 2 aromatic rings. The summed E-state index contributed by atoms with van der Waals surface area (Å²) in [7, 11) is 3.64. The van der Waals surface area contributed by atoms with Crippen molar-refractivity contribution < 1.29 is 14.3 Å². The maximum absolute atomic E-state index is 12.3. The molecule has 2 aromatic heterocycles. The first-order chi connectivity index (χ1) is 10.9. The molecule has 0 radical (unpaired) electrons. The first-order valence-corrected chi connectivity index (χ1v) is 7.62. The SMILES string of the molecule is CC(CC(O)c1ccco1)NC(=O)c1cc(Cl)nc(N(C)C)c1. The van der Waals surface area contributed by atoms with E-state index in [1.165, 1.54) is 12.3 Å². The summed E-state index contributed by atoms with van der Waals surface area (Å²) in [5.74, 6) is 0.815. The highest BCUT2D eigenvalue weighted by Gasteiger charge is 2.18. The normalized spacial score (nSPS) is 13.4. The van der Waals surface area contributed by atoms with Crippen molar-refractivity contribution in [1.29, 1.82) is 0 Å². The van der Waals surface area contributed by atoms with Gasteiger partial charge in [0.25, 0.3) is 5.91 Å². The first kappa shape index (κ1) is 17.3. The molecule has 2 atom stereocenters. The van der Waals surface area contributed by atoms with Crippen LogP contribution in [0.3, 0.4) is 0 Å². The van der Waals surface area contributed by atoms with Crippen LogP contribution in [0.1, 0.15) is 35.6 Å². The summed E-state index contributed by atoms with van der Waals surface area (Å²) in [6, 6.07) is 6.35. The Morgan fingerprint density at radius 3 is 2.83 bits per heavy atom. The predicted octanol–water partition coefficient (Wildman–Crippen LogP) is 2.64. The molecule has 0 saturated carbocycles. The second-order valence-electron chi connectivity index (χ2n) is 5.57. The molecule has 7 heteroatoms. The van der Waals surface area contributed by atoms with E-state index in [1.807, 2.05) is 21.0 Å². The average molecular weight is 338 g/mol. The van der Waals surface area contributed by atoms with Crippen molar-refractivity contribution in [2.75, 3.05) is 19.0 Å². The number of anilines is 1. The number of hydrogen-bond donors (Lipinski definition) is 2. The molecule has 0 aliphatic rings. The fraction of sp³-hybridized carbons (Fsp3) is 0.375. The molecule has 124 valence electrons. The lowest BCUT2D eigenvalue weighted by Crippen LogP contribution is -2.34. The molecular weight excluding hydrogens is 318 g/mol. The van der Waals surface area contributed by atoms with E-state index in [-0.39, 0.29) is 17.1 Å². The summed E-state index contributed by atoms with van der Waals surface area (Å²) in [6.45, 7) is 1.82. The number of amides is 1. The van der Waals surface area contributed by atoms with Gasteiger partial charge in [0.1, 0.15) is 22.8 Å². The Morgan fingerprint density at radius 1 is 1.48 bits per heavy atom. The number of aliphatic hydroxyl groups is 1. The number of pyridine rings is 1. The average Bonchev–Trinajstić information content (AvgIpc) is 3.00. The molecule has 6 nitrogen and oxygen atoms in total. The van der Waals surface area contributed by atoms with Crippen molar-refractivity contribution in [2.45, 2.75) is 25.5 Å². The topological polar surface area (TPSA) is 78.6 Å². The molecule has 0 aliphatic heterocycles. The van der Waals surface area contributed by atoms with Crippen molar-refractivity contribution in [3.8, 4) is 0 Å². The smallest absolute Gasteiger partial charge is 0.251 e. The summed E-state index contributed by atoms with van der Waals surface area (Å²) in [5.41, 5.74) is 0.424. The van der Waals surface area contributed by atoms with Crippen LogP contribution in [0.25, 0.3) is 0 Å². The summed E-state index contributed by atoms with van der Waals surface area (Å²) in [6.07, 6.45) is 1.08. The van der Waals surface area contributed by atoms with E-state index in [0.717, 1.165) is 0 Å². The van der Waals surface area contributed by atoms with Gasteiger partial charge in [0.2, 0.25) is 0 Å². The zero-order valence-electron chi connectivity index (χ0n) is 13.3. The van der Waals surface area contributed by atoms with E-state index in [1.54, 1.807) is 23.1 Å². The number of aromatic nitrogens is 1. The van der Waals surface area contributed by atoms with E-state index in [4.69, 9.17) is 16.0 Å². The van der Waals surface area contributed by atoms with Gasteiger partial charge in [-0.05, 0) is 31.2 Å². The maximum atomic E-state index is 12.3. The highest BCUT2D eigenvalue weighted by atomic mass is 35.5. The molecule has 2 rings (SSSR count). The number of aliphatic hydroxyl groups excluding tert-OH is 1. The highest BCUT2D eigenvalue weighted by molar-refractivity contribution is 6.29. The van der Waals surface area contributed by atoms with Crippen LogP contribution < -0.4 is 10.2 Å². The fourth-order valence-electron chi connectivity index (χ4n) is 2.14. The number of nitrogens with zero attached hydrogens (tertiary/aromatic N) is 2. The highest BCUT2D eigenvalue weighted by Crippen LogP contribution is 2.20. The minimum Gasteiger partial charge on any atom is -0.467 e. The molecule has 23 heavy (non-hydrogen) atoms. The number of hydrogen-bond acceptors (Lipinski definition) is 5. The van der Waals surface area contributed by atoms with Gasteiger partial charge in [-0.2, -0.15) is 0 Å². The van der Waals surface area contributed by atoms with Crippen LogP contribution in [0.2, 0.25) is 5.15 Å². The van der Waals surface area contributed by atoms with Gasteiger partial charge in [-0.3, -0.25) is 4.79 Å². The number of rotatable bonds is 6. The Hall–Kier alpha value is -2.05. The Bertz CT molecular complexity index is 659. The van der Waals surface area contributed by atoms with E-state index in [9.17, 15) is 9.90 Å². The molecule has 0 saturated heterocycles. The number of carbonyl (C=O) groups excluding carboxylic acids is 1. The van der Waals surface area contributed by atoms with Gasteiger partial charge in [-0.15, -0.1) is 0 Å². The van der Waals surface area contributed by atoms with E-state index in [0.29, 0.717) is 23.6 Å². The van der Waals surface area contributed by atoms with Crippen molar-refractivity contribution in [3.63, 3.8) is 0 Å². The summed E-state index contributed by atoms with van der Waals surface area (Å²) in [4.78, 5) is 18.2. The minimum atomic E-state index is -0.765. The number of halogens is 1. The largest absolute Gasteiger partial charge is 0.467 e. The molecule has 0 aliphatic carbocycles. The zero-order chi connectivity index (χ0) is 17.0. The predicted molar refractivity (Wildman–Crippen MR) is 88.8 cm³/mol. The van der Waals surface area contributed by atoms with Gasteiger partial charge in [0.15, 0.2) is 0 Å². The van der Waals surface area contributed by atoms with Gasteiger partial charge in [0, 0.05) is 32.1 Å². The van der Waals surface area contributed by atoms with E-state index >= 15 is 0 Å². The number of carbonyl (C=O) groups is 1. The molecule has 0 bridgehead atoms. The summed E-state index contributed by atoms with van der Waals surface area (Å²) < 4.78 is 5.15. The third-order valence-electron chi connectivity index (χ3n) is 3.33. The van der Waals surface area contributed by atoms with Gasteiger partial charge in [-0.25, -0.2) is 4.98 Å². The van der Waals surface area contributed by atoms with Crippen LogP contribution in [0, 0.1) is 0 Å². The molecule has 0 spiro atoms. The van der Waals surface area contributed by atoms with Gasteiger partial charge in [0.05, 0.1) is 6.26 Å². The third kappa shape index (κ3) is 4.71. The molecular formula is C16H20ClN3O3. The van der Waals surface area contributed by atoms with Crippen LogP contribution >= 0.6 is 11.6 Å². The standard InChI is InChI=1S/C16H20ClN3O3/c1-10(7-12(21)13-5-4-6-23-13)18-16(22)11-8-14(17)19-15(9-11)20(2)3/h4-6,8-10,12,21H,7H2,1-3H3,(H,18,22). The van der Waals surface area contributed by atoms with E-state index in [2.05, 4.69) is 10.3 Å². The first-order valence-electron chi connectivity index (χ1n) is 7.24. The lowest BCUT2D eigenvalue weighted by Gasteiger charge is -2.18. The van der Waals surface area contributed by atoms with E-state index < -0.39 is 6.10 Å². The molecule has 1 amide bonds. The van der Waals surface area contributed by atoms with Crippen LogP contribution in [0.4, 0.5) is 5.82 Å². The molecule has 2 N–H and O–H groups in total. The number of furan rings is 1. The second kappa shape index (κ2) is 7.48. The Kier molecular flexibility index (Phi) is 5.63. The Balaban J connectivity index is 2.01. The third-order valence-corrected chi connectivity index (χ3v) is 3.52. The molecule has 0 aromatic carbocycles. The zero-order valence-corrected chi connectivity index (χ0v) is 14.0. The minimum absolute atomic E-state index is 0.239. The van der Waals surface area contributed by atoms with Crippen LogP contribution in [-0.4, -0.2) is 36.1 Å². The van der Waals surface area contributed by atoms with Crippen molar-refractivity contribution in [2.24, 2.45) is 0 Å². The lowest BCUT2D eigenvalue weighted by molar-refractivity contribution is 0.0903. The second-order valence-corrected chi connectivity index (χ2v) is 5.96. The van der Waals surface area contributed by atoms with Crippen LogP contribution in [-0.2, 0) is 0 Å². The molecule has 2 heterocycles. The quantitative estimate of drug-likeness (QED) is 0.792. The maximum Gasteiger partial charge on any atom is 0.251 e. The Morgan fingerprint density at radius 2 is 2.22 bits per heavy atom. The van der Waals surface area contributed by atoms with Gasteiger partial charge < -0.3 is 19.7 Å². The van der Waals surface area contributed by atoms with Gasteiger partial charge >= 0.3 is 0 Å². The fourth-order valence-corrected chi connectivity index (χ4v) is 2.35. The summed E-state index contributed by atoms with van der Waals surface area (Å²) in [5, 5.41) is 13.1. The molecule has 0 fully saturated rings.